The van der Waals surface area contributed by atoms with E-state index in [1.807, 2.05) is 13.8 Å². The number of hydrogen-bond acceptors (Lipinski definition) is 5. The summed E-state index contributed by atoms with van der Waals surface area (Å²) in [4.78, 5) is 23.1. The van der Waals surface area contributed by atoms with E-state index in [1.165, 1.54) is 7.11 Å². The van der Waals surface area contributed by atoms with Crippen LogP contribution in [0.2, 0.25) is 0 Å². The summed E-state index contributed by atoms with van der Waals surface area (Å²) in [5.41, 5.74) is 0. The van der Waals surface area contributed by atoms with Crippen molar-refractivity contribution in [2.45, 2.75) is 26.9 Å². The second-order valence-electron chi connectivity index (χ2n) is 4.79. The molecule has 21 heavy (non-hydrogen) atoms. The van der Waals surface area contributed by atoms with Gasteiger partial charge in [0.25, 0.3) is 0 Å². The van der Waals surface area contributed by atoms with E-state index in [9.17, 15) is 9.59 Å². The van der Waals surface area contributed by atoms with Crippen LogP contribution in [0, 0.1) is 5.92 Å². The number of para-hydroxylation sites is 2. The van der Waals surface area contributed by atoms with Crippen LogP contribution >= 0.6 is 0 Å². The number of rotatable bonds is 6. The summed E-state index contributed by atoms with van der Waals surface area (Å²) in [6.07, 6.45) is 1.87. The van der Waals surface area contributed by atoms with E-state index >= 15 is 0 Å². The Kier molecular flexibility index (Phi) is 6.46. The van der Waals surface area contributed by atoms with E-state index < -0.39 is 11.9 Å². The summed E-state index contributed by atoms with van der Waals surface area (Å²) in [5, 5.41) is 0. The van der Waals surface area contributed by atoms with E-state index in [1.54, 1.807) is 31.2 Å². The van der Waals surface area contributed by atoms with Gasteiger partial charge in [-0.3, -0.25) is 0 Å². The number of ether oxygens (including phenoxy) is 3. The molecule has 0 bridgehead atoms. The Morgan fingerprint density at radius 1 is 1.00 bits per heavy atom. The molecule has 0 fully saturated rings. The molecular formula is C16H20O5. The highest BCUT2D eigenvalue weighted by molar-refractivity contribution is 5.92. The number of benzene rings is 1. The first-order chi connectivity index (χ1) is 9.93. The second-order valence-corrected chi connectivity index (χ2v) is 4.79. The first-order valence-corrected chi connectivity index (χ1v) is 6.67. The van der Waals surface area contributed by atoms with Crippen molar-refractivity contribution >= 4 is 11.9 Å². The van der Waals surface area contributed by atoms with Gasteiger partial charge in [-0.15, -0.1) is 0 Å². The molecule has 0 aliphatic heterocycles. The highest BCUT2D eigenvalue weighted by atomic mass is 16.6. The number of methoxy groups -OCH3 is 1. The van der Waals surface area contributed by atoms with E-state index in [0.29, 0.717) is 11.5 Å². The van der Waals surface area contributed by atoms with Crippen molar-refractivity contribution in [2.24, 2.45) is 5.92 Å². The molecule has 1 unspecified atom stereocenters. The van der Waals surface area contributed by atoms with Crippen LogP contribution in [0.15, 0.2) is 36.4 Å². The quantitative estimate of drug-likeness (QED) is 0.458. The first kappa shape index (κ1) is 16.8. The largest absolute Gasteiger partial charge is 0.493 e. The van der Waals surface area contributed by atoms with Crippen molar-refractivity contribution < 1.29 is 23.8 Å². The molecule has 1 atom stereocenters. The Morgan fingerprint density at radius 2 is 1.57 bits per heavy atom. The molecule has 0 N–H and O–H groups in total. The molecule has 0 spiro atoms. The normalized spacial score (nSPS) is 12.2. The fourth-order valence-electron chi connectivity index (χ4n) is 1.34. The third-order valence-corrected chi connectivity index (χ3v) is 2.88. The molecule has 5 heteroatoms. The van der Waals surface area contributed by atoms with Gasteiger partial charge in [-0.25, -0.2) is 9.59 Å². The molecule has 114 valence electrons. The topological polar surface area (TPSA) is 61.8 Å². The minimum atomic E-state index is -0.673. The van der Waals surface area contributed by atoms with Gasteiger partial charge in [0.15, 0.2) is 11.5 Å². The molecule has 0 saturated carbocycles. The maximum absolute atomic E-state index is 11.6. The van der Waals surface area contributed by atoms with Crippen LogP contribution in [0.5, 0.6) is 11.5 Å². The smallest absolute Gasteiger partial charge is 0.336 e. The third-order valence-electron chi connectivity index (χ3n) is 2.88. The lowest BCUT2D eigenvalue weighted by Crippen LogP contribution is -2.19. The first-order valence-electron chi connectivity index (χ1n) is 6.67. The zero-order valence-corrected chi connectivity index (χ0v) is 12.7. The molecule has 0 radical (unpaired) electrons. The molecule has 0 saturated heterocycles. The minimum absolute atomic E-state index is 0.211. The molecule has 0 aliphatic rings. The standard InChI is InChI=1S/C16H20O5/c1-11(2)12(3)20-15(17)9-10-16(18)21-14-8-6-5-7-13(14)19-4/h5-12H,1-4H3/b10-9+. The Bertz CT molecular complexity index is 519. The Hall–Kier alpha value is -2.30. The van der Waals surface area contributed by atoms with Crippen molar-refractivity contribution in [1.29, 1.82) is 0 Å². The molecule has 1 rings (SSSR count). The lowest BCUT2D eigenvalue weighted by atomic mass is 10.1. The van der Waals surface area contributed by atoms with Gasteiger partial charge in [0.1, 0.15) is 6.10 Å². The molecule has 0 heterocycles. The summed E-state index contributed by atoms with van der Waals surface area (Å²) in [7, 11) is 1.48. The van der Waals surface area contributed by atoms with Crippen LogP contribution in [-0.2, 0) is 14.3 Å². The third kappa shape index (κ3) is 5.69. The van der Waals surface area contributed by atoms with Crippen LogP contribution in [0.25, 0.3) is 0 Å². The van der Waals surface area contributed by atoms with Crippen molar-refractivity contribution in [3.05, 3.63) is 36.4 Å². The number of hydrogen-bond donors (Lipinski definition) is 0. The van der Waals surface area contributed by atoms with Crippen molar-refractivity contribution in [3.63, 3.8) is 0 Å². The Morgan fingerprint density at radius 3 is 2.14 bits per heavy atom. The lowest BCUT2D eigenvalue weighted by Gasteiger charge is -2.14. The van der Waals surface area contributed by atoms with Gasteiger partial charge in [0.05, 0.1) is 7.11 Å². The van der Waals surface area contributed by atoms with Crippen LogP contribution in [-0.4, -0.2) is 25.2 Å². The van der Waals surface area contributed by atoms with E-state index in [0.717, 1.165) is 12.2 Å². The predicted octanol–water partition coefficient (Wildman–Crippen LogP) is 2.74. The Balaban J connectivity index is 2.57. The van der Waals surface area contributed by atoms with Crippen molar-refractivity contribution in [3.8, 4) is 11.5 Å². The fraction of sp³-hybridized carbons (Fsp3) is 0.375. The molecule has 0 aromatic heterocycles. The average Bonchev–Trinajstić information content (AvgIpc) is 2.45. The van der Waals surface area contributed by atoms with E-state index in [2.05, 4.69) is 0 Å². The molecule has 1 aromatic rings. The van der Waals surface area contributed by atoms with Crippen molar-refractivity contribution in [1.82, 2.24) is 0 Å². The van der Waals surface area contributed by atoms with Crippen LogP contribution < -0.4 is 9.47 Å². The molecule has 0 amide bonds. The van der Waals surface area contributed by atoms with Crippen LogP contribution in [0.3, 0.4) is 0 Å². The minimum Gasteiger partial charge on any atom is -0.493 e. The summed E-state index contributed by atoms with van der Waals surface area (Å²) >= 11 is 0. The molecule has 5 nitrogen and oxygen atoms in total. The fourth-order valence-corrected chi connectivity index (χ4v) is 1.34. The van der Waals surface area contributed by atoms with Gasteiger partial charge in [-0.05, 0) is 25.0 Å². The van der Waals surface area contributed by atoms with Crippen LogP contribution in [0.4, 0.5) is 0 Å². The van der Waals surface area contributed by atoms with Gasteiger partial charge in [0, 0.05) is 12.2 Å². The van der Waals surface area contributed by atoms with Crippen LogP contribution in [0.1, 0.15) is 20.8 Å². The predicted molar refractivity (Wildman–Crippen MR) is 78.2 cm³/mol. The Labute approximate surface area is 124 Å². The summed E-state index contributed by atoms with van der Waals surface area (Å²) in [5.74, 6) is -0.307. The number of esters is 2. The molecule has 1 aromatic carbocycles. The SMILES string of the molecule is COc1ccccc1OC(=O)/C=C/C(=O)OC(C)C(C)C. The summed E-state index contributed by atoms with van der Waals surface area (Å²) in [6, 6.07) is 6.75. The van der Waals surface area contributed by atoms with Gasteiger partial charge >= 0.3 is 11.9 Å². The summed E-state index contributed by atoms with van der Waals surface area (Å²) < 4.78 is 15.2. The molecular weight excluding hydrogens is 272 g/mol. The number of carbonyl (C=O) groups is 2. The maximum atomic E-state index is 11.6. The zero-order chi connectivity index (χ0) is 15.8. The monoisotopic (exact) mass is 292 g/mol. The van der Waals surface area contributed by atoms with Crippen molar-refractivity contribution in [2.75, 3.05) is 7.11 Å². The lowest BCUT2D eigenvalue weighted by molar-refractivity contribution is -0.144. The summed E-state index contributed by atoms with van der Waals surface area (Å²) in [6.45, 7) is 5.68. The molecule has 0 aliphatic carbocycles. The highest BCUT2D eigenvalue weighted by Gasteiger charge is 2.12. The van der Waals surface area contributed by atoms with E-state index in [4.69, 9.17) is 14.2 Å². The van der Waals surface area contributed by atoms with Gasteiger partial charge in [0.2, 0.25) is 0 Å². The number of carbonyl (C=O) groups excluding carboxylic acids is 2. The van der Waals surface area contributed by atoms with Gasteiger partial charge in [-0.1, -0.05) is 26.0 Å². The van der Waals surface area contributed by atoms with Gasteiger partial charge in [-0.2, -0.15) is 0 Å². The van der Waals surface area contributed by atoms with Gasteiger partial charge < -0.3 is 14.2 Å². The van der Waals surface area contributed by atoms with E-state index in [-0.39, 0.29) is 12.0 Å². The highest BCUT2D eigenvalue weighted by Crippen LogP contribution is 2.25. The maximum Gasteiger partial charge on any atom is 0.336 e. The second kappa shape index (κ2) is 8.09. The average molecular weight is 292 g/mol. The zero-order valence-electron chi connectivity index (χ0n) is 12.7.